The molecule has 0 aromatic heterocycles. The second-order valence-electron chi connectivity index (χ2n) is 3.82. The van der Waals surface area contributed by atoms with E-state index in [1.807, 2.05) is 20.8 Å². The summed E-state index contributed by atoms with van der Waals surface area (Å²) >= 11 is 0. The Bertz CT molecular complexity index is 447. The molecule has 0 saturated carbocycles. The van der Waals surface area contributed by atoms with Gasteiger partial charge >= 0.3 is 0 Å². The van der Waals surface area contributed by atoms with Crippen LogP contribution >= 0.6 is 0 Å². The molecule has 0 fully saturated rings. The molecule has 5 heteroatoms. The Labute approximate surface area is 94.1 Å². The van der Waals surface area contributed by atoms with Crippen LogP contribution in [-0.4, -0.2) is 11.9 Å². The van der Waals surface area contributed by atoms with Crippen molar-refractivity contribution >= 4 is 11.6 Å². The highest BCUT2D eigenvalue weighted by Gasteiger charge is 2.08. The van der Waals surface area contributed by atoms with Crippen LogP contribution < -0.4 is 5.32 Å². The van der Waals surface area contributed by atoms with Crippen molar-refractivity contribution in [2.45, 2.75) is 26.8 Å². The molecule has 0 aliphatic heterocycles. The third-order valence-electron chi connectivity index (χ3n) is 2.04. The van der Waals surface area contributed by atoms with Gasteiger partial charge in [0.2, 0.25) is 0 Å². The van der Waals surface area contributed by atoms with Gasteiger partial charge in [-0.25, -0.2) is 0 Å². The Kier molecular flexibility index (Phi) is 3.91. The number of nitrogens with zero attached hydrogens (tertiary/aromatic N) is 3. The monoisotopic (exact) mass is 218 g/mol. The Morgan fingerprint density at radius 1 is 1.50 bits per heavy atom. The van der Waals surface area contributed by atoms with E-state index in [1.165, 1.54) is 0 Å². The van der Waals surface area contributed by atoms with E-state index in [0.717, 1.165) is 5.56 Å². The first kappa shape index (κ1) is 12.1. The number of hydrogen-bond donors (Lipinski definition) is 1. The zero-order chi connectivity index (χ0) is 12.1. The summed E-state index contributed by atoms with van der Waals surface area (Å²) in [6, 6.07) is 5.15. The van der Waals surface area contributed by atoms with Gasteiger partial charge in [0.05, 0.1) is 0 Å². The van der Waals surface area contributed by atoms with E-state index >= 15 is 0 Å². The normalized spacial score (nSPS) is 9.75. The van der Waals surface area contributed by atoms with E-state index in [1.54, 1.807) is 18.2 Å². The highest BCUT2D eigenvalue weighted by atomic mass is 16.1. The van der Waals surface area contributed by atoms with Crippen LogP contribution in [0.4, 0.5) is 5.69 Å². The second-order valence-corrected chi connectivity index (χ2v) is 3.82. The summed E-state index contributed by atoms with van der Waals surface area (Å²) < 4.78 is 0. The van der Waals surface area contributed by atoms with Gasteiger partial charge in [-0.1, -0.05) is 11.2 Å². The van der Waals surface area contributed by atoms with E-state index in [-0.39, 0.29) is 11.9 Å². The molecule has 0 unspecified atom stereocenters. The zero-order valence-corrected chi connectivity index (χ0v) is 9.56. The summed E-state index contributed by atoms with van der Waals surface area (Å²) in [6.45, 7) is 5.61. The third-order valence-corrected chi connectivity index (χ3v) is 2.04. The van der Waals surface area contributed by atoms with Gasteiger partial charge in [0.15, 0.2) is 0 Å². The average molecular weight is 218 g/mol. The molecule has 0 spiro atoms. The molecule has 1 rings (SSSR count). The first-order valence-electron chi connectivity index (χ1n) is 5.01. The van der Waals surface area contributed by atoms with Gasteiger partial charge in [-0.3, -0.25) is 4.79 Å². The van der Waals surface area contributed by atoms with Gasteiger partial charge in [-0.15, -0.1) is 0 Å². The molecule has 0 bridgehead atoms. The van der Waals surface area contributed by atoms with Crippen LogP contribution in [0.1, 0.15) is 29.8 Å². The molecule has 1 N–H and O–H groups in total. The summed E-state index contributed by atoms with van der Waals surface area (Å²) in [5, 5.41) is 6.30. The largest absolute Gasteiger partial charge is 0.350 e. The second kappa shape index (κ2) is 5.19. The molecule has 1 amide bonds. The lowest BCUT2D eigenvalue weighted by atomic mass is 10.1. The fourth-order valence-electron chi connectivity index (χ4n) is 1.25. The van der Waals surface area contributed by atoms with E-state index in [4.69, 9.17) is 5.53 Å². The quantitative estimate of drug-likeness (QED) is 0.472. The Hall–Kier alpha value is -2.00. The lowest BCUT2D eigenvalue weighted by molar-refractivity contribution is 0.0943. The number of hydrogen-bond acceptors (Lipinski definition) is 2. The van der Waals surface area contributed by atoms with Crippen molar-refractivity contribution in [3.05, 3.63) is 39.8 Å². The lowest BCUT2D eigenvalue weighted by Crippen LogP contribution is -2.29. The maximum absolute atomic E-state index is 11.7. The van der Waals surface area contributed by atoms with Crippen LogP contribution in [0.5, 0.6) is 0 Å². The Morgan fingerprint density at radius 2 is 2.19 bits per heavy atom. The average Bonchev–Trinajstić information content (AvgIpc) is 2.20. The molecule has 0 atom stereocenters. The number of rotatable bonds is 3. The van der Waals surface area contributed by atoms with Crippen molar-refractivity contribution in [1.82, 2.24) is 5.32 Å². The minimum atomic E-state index is -0.163. The van der Waals surface area contributed by atoms with Crippen molar-refractivity contribution in [2.75, 3.05) is 0 Å². The van der Waals surface area contributed by atoms with Gasteiger partial charge < -0.3 is 5.32 Å². The van der Waals surface area contributed by atoms with Crippen LogP contribution in [0.15, 0.2) is 23.3 Å². The Balaban J connectivity index is 3.02. The predicted molar refractivity (Wildman–Crippen MR) is 62.6 cm³/mol. The van der Waals surface area contributed by atoms with E-state index < -0.39 is 0 Å². The molecule has 16 heavy (non-hydrogen) atoms. The first-order valence-corrected chi connectivity index (χ1v) is 5.01. The molecule has 0 aliphatic carbocycles. The number of azide groups is 1. The summed E-state index contributed by atoms with van der Waals surface area (Å²) in [5.41, 5.74) is 10.2. The van der Waals surface area contributed by atoms with Crippen molar-refractivity contribution in [3.63, 3.8) is 0 Å². The van der Waals surface area contributed by atoms with Crippen molar-refractivity contribution in [3.8, 4) is 0 Å². The third kappa shape index (κ3) is 3.00. The SMILES string of the molecule is Cc1ccc(C(=O)NC(C)C)cc1N=[N+]=[N-]. The maximum Gasteiger partial charge on any atom is 0.251 e. The van der Waals surface area contributed by atoms with Crippen LogP contribution in [0, 0.1) is 6.92 Å². The number of carbonyl (C=O) groups excluding carboxylic acids is 1. The fourth-order valence-corrected chi connectivity index (χ4v) is 1.25. The standard InChI is InChI=1S/C11H14N4O/c1-7(2)13-11(16)9-5-4-8(3)10(6-9)14-15-12/h4-7H,1-3H3,(H,13,16). The summed E-state index contributed by atoms with van der Waals surface area (Å²) in [5.74, 6) is -0.163. The topological polar surface area (TPSA) is 77.9 Å². The maximum atomic E-state index is 11.7. The highest BCUT2D eigenvalue weighted by Crippen LogP contribution is 2.20. The van der Waals surface area contributed by atoms with Crippen LogP contribution in [-0.2, 0) is 0 Å². The molecule has 1 aromatic rings. The Morgan fingerprint density at radius 3 is 2.75 bits per heavy atom. The lowest BCUT2D eigenvalue weighted by Gasteiger charge is -2.09. The van der Waals surface area contributed by atoms with E-state index in [0.29, 0.717) is 11.3 Å². The fraction of sp³-hybridized carbons (Fsp3) is 0.364. The van der Waals surface area contributed by atoms with Crippen molar-refractivity contribution < 1.29 is 4.79 Å². The molecule has 0 saturated heterocycles. The van der Waals surface area contributed by atoms with Crippen LogP contribution in [0.2, 0.25) is 0 Å². The highest BCUT2D eigenvalue weighted by molar-refractivity contribution is 5.95. The molecule has 0 heterocycles. The molecule has 0 aliphatic rings. The summed E-state index contributed by atoms with van der Waals surface area (Å²) in [7, 11) is 0. The van der Waals surface area contributed by atoms with Gasteiger partial charge in [-0.2, -0.15) is 0 Å². The predicted octanol–water partition coefficient (Wildman–Crippen LogP) is 3.08. The van der Waals surface area contributed by atoms with Gasteiger partial charge in [0.25, 0.3) is 5.91 Å². The molecular formula is C11H14N4O. The first-order chi connectivity index (χ1) is 7.54. The smallest absolute Gasteiger partial charge is 0.251 e. The van der Waals surface area contributed by atoms with Crippen LogP contribution in [0.25, 0.3) is 10.4 Å². The number of aryl methyl sites for hydroxylation is 1. The molecule has 84 valence electrons. The van der Waals surface area contributed by atoms with E-state index in [9.17, 15) is 4.79 Å². The van der Waals surface area contributed by atoms with Gasteiger partial charge in [0.1, 0.15) is 0 Å². The zero-order valence-electron chi connectivity index (χ0n) is 9.56. The number of amides is 1. The van der Waals surface area contributed by atoms with Crippen molar-refractivity contribution in [1.29, 1.82) is 0 Å². The molecule has 1 aromatic carbocycles. The molecule has 5 nitrogen and oxygen atoms in total. The van der Waals surface area contributed by atoms with Crippen LogP contribution in [0.3, 0.4) is 0 Å². The van der Waals surface area contributed by atoms with E-state index in [2.05, 4.69) is 15.3 Å². The van der Waals surface area contributed by atoms with Crippen molar-refractivity contribution in [2.24, 2.45) is 5.11 Å². The minimum Gasteiger partial charge on any atom is -0.350 e. The number of carbonyl (C=O) groups is 1. The number of nitrogens with one attached hydrogen (secondary N) is 1. The molecular weight excluding hydrogens is 204 g/mol. The van der Waals surface area contributed by atoms with Gasteiger partial charge in [-0.05, 0) is 44.0 Å². The van der Waals surface area contributed by atoms with Gasteiger partial charge in [0, 0.05) is 22.2 Å². The summed E-state index contributed by atoms with van der Waals surface area (Å²) in [6.07, 6.45) is 0. The minimum absolute atomic E-state index is 0.0803. The number of benzene rings is 1. The summed E-state index contributed by atoms with van der Waals surface area (Å²) in [4.78, 5) is 14.4. The molecule has 0 radical (unpaired) electrons.